The van der Waals surface area contributed by atoms with Crippen LogP contribution < -0.4 is 26.0 Å². The van der Waals surface area contributed by atoms with Crippen molar-refractivity contribution < 1.29 is 33.0 Å². The number of H-pyrrole nitrogens is 1. The Morgan fingerprint density at radius 1 is 1.14 bits per heavy atom. The quantitative estimate of drug-likeness (QED) is 0.191. The number of hydrogen-bond acceptors (Lipinski definition) is 8. The summed E-state index contributed by atoms with van der Waals surface area (Å²) in [6.07, 6.45) is 0.911. The Morgan fingerprint density at radius 3 is 2.67 bits per heavy atom. The van der Waals surface area contributed by atoms with Crippen LogP contribution in [0.3, 0.4) is 0 Å². The van der Waals surface area contributed by atoms with Crippen LogP contribution in [-0.2, 0) is 4.79 Å². The molecule has 0 aliphatic carbocycles. The van der Waals surface area contributed by atoms with E-state index in [0.717, 1.165) is 12.3 Å². The molecule has 0 radical (unpaired) electrons. The zero-order chi connectivity index (χ0) is 30.2. The number of benzene rings is 2. The minimum Gasteiger partial charge on any atom is -0.476 e. The van der Waals surface area contributed by atoms with Gasteiger partial charge in [-0.1, -0.05) is 11.6 Å². The molecule has 1 aromatic heterocycles. The van der Waals surface area contributed by atoms with E-state index in [0.29, 0.717) is 19.5 Å². The summed E-state index contributed by atoms with van der Waals surface area (Å²) in [5.74, 6) is -5.15. The zero-order valence-corrected chi connectivity index (χ0v) is 22.7. The van der Waals surface area contributed by atoms with E-state index in [1.807, 2.05) is 0 Å². The summed E-state index contributed by atoms with van der Waals surface area (Å²) in [5, 5.41) is 29.4. The first kappa shape index (κ1) is 30.4. The van der Waals surface area contributed by atoms with Gasteiger partial charge in [0.2, 0.25) is 11.7 Å². The van der Waals surface area contributed by atoms with Crippen LogP contribution in [0.4, 0.5) is 14.5 Å². The summed E-state index contributed by atoms with van der Waals surface area (Å²) >= 11 is 6.25. The molecule has 0 spiro atoms. The highest BCUT2D eigenvalue weighted by atomic mass is 35.5. The number of β-amino-alcohol motifs (C(OH)–C–C–N with tert-alkyl or cyclic N) is 1. The van der Waals surface area contributed by atoms with Crippen molar-refractivity contribution in [2.45, 2.75) is 12.5 Å². The van der Waals surface area contributed by atoms with Gasteiger partial charge in [-0.3, -0.25) is 14.4 Å². The third-order valence-electron chi connectivity index (χ3n) is 6.39. The number of anilines is 1. The molecule has 2 aromatic carbocycles. The normalized spacial score (nSPS) is 16.3. The largest absolute Gasteiger partial charge is 0.476 e. The van der Waals surface area contributed by atoms with E-state index >= 15 is 0 Å². The maximum absolute atomic E-state index is 14.5. The summed E-state index contributed by atoms with van der Waals surface area (Å²) in [4.78, 5) is 44.0. The van der Waals surface area contributed by atoms with Gasteiger partial charge in [0, 0.05) is 30.9 Å². The number of ether oxygens (including phenoxy) is 1. The molecule has 0 bridgehead atoms. The summed E-state index contributed by atoms with van der Waals surface area (Å²) in [6.45, 7) is 0.824. The van der Waals surface area contributed by atoms with Gasteiger partial charge >= 0.3 is 0 Å². The van der Waals surface area contributed by atoms with Crippen molar-refractivity contribution in [3.8, 4) is 23.1 Å². The van der Waals surface area contributed by atoms with Crippen molar-refractivity contribution in [1.29, 1.82) is 5.26 Å². The molecule has 1 fully saturated rings. The number of piperidine rings is 1. The molecule has 0 saturated carbocycles. The van der Waals surface area contributed by atoms with Crippen LogP contribution in [0.1, 0.15) is 27.4 Å². The lowest BCUT2D eigenvalue weighted by Crippen LogP contribution is -2.48. The van der Waals surface area contributed by atoms with E-state index in [1.54, 1.807) is 6.07 Å². The number of carbonyl (C=O) groups excluding carboxylic acids is 3. The standard InChI is InChI=1S/C27H26ClF2N7O5/c28-18-11-14(1-2-15(18)25(39)33-8-9-34-26(40)17-5-7-32-13-20(17)38)36-27(41)24-35-12-19(37-24)16-3-4-21(42-10-6-31)23(30)22(16)29/h1-4,11-12,17,20,32,38H,5,7-10,13H2,(H,33,39)(H,34,40)(H,35,37)(H,36,41)/t17-,20-/m0/s1. The van der Waals surface area contributed by atoms with Crippen LogP contribution in [0.5, 0.6) is 5.75 Å². The van der Waals surface area contributed by atoms with E-state index in [9.17, 15) is 28.3 Å². The number of carbonyl (C=O) groups is 3. The molecular formula is C27H26ClF2N7O5. The van der Waals surface area contributed by atoms with Crippen LogP contribution in [0.15, 0.2) is 36.5 Å². The molecule has 1 aliphatic heterocycles. The first-order valence-corrected chi connectivity index (χ1v) is 13.2. The number of halogens is 3. The Balaban J connectivity index is 1.31. The molecule has 3 aromatic rings. The predicted octanol–water partition coefficient (Wildman–Crippen LogP) is 1.98. The predicted molar refractivity (Wildman–Crippen MR) is 147 cm³/mol. The molecule has 220 valence electrons. The van der Waals surface area contributed by atoms with Gasteiger partial charge in [0.15, 0.2) is 24.0 Å². The number of rotatable bonds is 10. The maximum Gasteiger partial charge on any atom is 0.291 e. The summed E-state index contributed by atoms with van der Waals surface area (Å²) in [6, 6.07) is 8.23. The number of aromatic amines is 1. The van der Waals surface area contributed by atoms with Crippen LogP contribution >= 0.6 is 11.6 Å². The average Bonchev–Trinajstić information content (AvgIpc) is 3.46. The van der Waals surface area contributed by atoms with Crippen molar-refractivity contribution in [3.05, 3.63) is 64.6 Å². The second-order valence-corrected chi connectivity index (χ2v) is 9.60. The molecule has 1 saturated heterocycles. The molecule has 4 rings (SSSR count). The van der Waals surface area contributed by atoms with Gasteiger partial charge in [-0.2, -0.15) is 9.65 Å². The fraction of sp³-hybridized carbons (Fsp3) is 0.296. The third kappa shape index (κ3) is 7.19. The van der Waals surface area contributed by atoms with Gasteiger partial charge in [0.05, 0.1) is 34.5 Å². The number of aliphatic hydroxyl groups is 1. The molecule has 12 nitrogen and oxygen atoms in total. The lowest BCUT2D eigenvalue weighted by Gasteiger charge is -2.27. The molecular weight excluding hydrogens is 576 g/mol. The molecule has 0 unspecified atom stereocenters. The lowest BCUT2D eigenvalue weighted by atomic mass is 9.94. The van der Waals surface area contributed by atoms with Crippen LogP contribution in [0, 0.1) is 28.9 Å². The van der Waals surface area contributed by atoms with Gasteiger partial charge in [-0.15, -0.1) is 0 Å². The monoisotopic (exact) mass is 601 g/mol. The number of nitriles is 1. The average molecular weight is 602 g/mol. The van der Waals surface area contributed by atoms with E-state index in [4.69, 9.17) is 21.6 Å². The van der Waals surface area contributed by atoms with Gasteiger partial charge < -0.3 is 36.1 Å². The van der Waals surface area contributed by atoms with Crippen molar-refractivity contribution >= 4 is 35.0 Å². The van der Waals surface area contributed by atoms with Crippen LogP contribution in [0.25, 0.3) is 11.3 Å². The molecule has 3 amide bonds. The molecule has 1 aliphatic rings. The van der Waals surface area contributed by atoms with Crippen molar-refractivity contribution in [2.75, 3.05) is 38.1 Å². The number of aromatic nitrogens is 2. The molecule has 2 heterocycles. The Bertz CT molecular complexity index is 1530. The highest BCUT2D eigenvalue weighted by Gasteiger charge is 2.29. The van der Waals surface area contributed by atoms with E-state index < -0.39 is 47.8 Å². The minimum absolute atomic E-state index is 0.0246. The van der Waals surface area contributed by atoms with Gasteiger partial charge in [0.1, 0.15) is 6.07 Å². The van der Waals surface area contributed by atoms with Gasteiger partial charge in [-0.05, 0) is 43.3 Å². The molecule has 2 atom stereocenters. The number of hydrogen-bond donors (Lipinski definition) is 6. The summed E-state index contributed by atoms with van der Waals surface area (Å²) in [5.41, 5.74) is 0.194. The fourth-order valence-corrected chi connectivity index (χ4v) is 4.50. The number of nitrogens with zero attached hydrogens (tertiary/aromatic N) is 2. The SMILES string of the molecule is N#CCOc1ccc(-c2cnc(C(=O)Nc3ccc(C(=O)NCCNC(=O)[C@H]4CCNC[C@@H]4O)c(Cl)c3)[nH]2)c(F)c1F. The van der Waals surface area contributed by atoms with Crippen LogP contribution in [0.2, 0.25) is 5.02 Å². The Labute approximate surface area is 243 Å². The lowest BCUT2D eigenvalue weighted by molar-refractivity contribution is -0.129. The van der Waals surface area contributed by atoms with E-state index in [2.05, 4.69) is 31.2 Å². The molecule has 42 heavy (non-hydrogen) atoms. The highest BCUT2D eigenvalue weighted by molar-refractivity contribution is 6.34. The second kappa shape index (κ2) is 13.9. The molecule has 6 N–H and O–H groups in total. The minimum atomic E-state index is -1.29. The maximum atomic E-state index is 14.5. The van der Waals surface area contributed by atoms with Crippen molar-refractivity contribution in [2.24, 2.45) is 5.92 Å². The smallest absolute Gasteiger partial charge is 0.291 e. The van der Waals surface area contributed by atoms with Crippen molar-refractivity contribution in [1.82, 2.24) is 25.9 Å². The van der Waals surface area contributed by atoms with E-state index in [1.165, 1.54) is 24.3 Å². The third-order valence-corrected chi connectivity index (χ3v) is 6.70. The Kier molecular flexibility index (Phi) is 10.0. The molecule has 15 heteroatoms. The second-order valence-electron chi connectivity index (χ2n) is 9.19. The Morgan fingerprint density at radius 2 is 1.93 bits per heavy atom. The number of nitrogens with one attached hydrogen (secondary N) is 5. The topological polar surface area (TPSA) is 181 Å². The number of amides is 3. The van der Waals surface area contributed by atoms with Gasteiger partial charge in [-0.25, -0.2) is 9.37 Å². The van der Waals surface area contributed by atoms with E-state index in [-0.39, 0.29) is 52.4 Å². The van der Waals surface area contributed by atoms with Crippen molar-refractivity contribution in [3.63, 3.8) is 0 Å². The highest BCUT2D eigenvalue weighted by Crippen LogP contribution is 2.29. The first-order valence-electron chi connectivity index (χ1n) is 12.8. The zero-order valence-electron chi connectivity index (χ0n) is 22.0. The van der Waals surface area contributed by atoms with Gasteiger partial charge in [0.25, 0.3) is 11.8 Å². The first-order chi connectivity index (χ1) is 20.2. The summed E-state index contributed by atoms with van der Waals surface area (Å²) < 4.78 is 33.6. The number of aliphatic hydroxyl groups excluding tert-OH is 1. The fourth-order valence-electron chi connectivity index (χ4n) is 4.24. The summed E-state index contributed by atoms with van der Waals surface area (Å²) in [7, 11) is 0. The number of imidazole rings is 1. The van der Waals surface area contributed by atoms with Crippen LogP contribution in [-0.4, -0.2) is 71.7 Å². The Hall–Kier alpha value is -4.58.